The number of hydrogen-bond donors (Lipinski definition) is 2. The van der Waals surface area contributed by atoms with E-state index in [0.717, 1.165) is 0 Å². The molecule has 0 rings (SSSR count). The van der Waals surface area contributed by atoms with E-state index in [0.29, 0.717) is 19.4 Å². The van der Waals surface area contributed by atoms with Gasteiger partial charge in [0.1, 0.15) is 0 Å². The van der Waals surface area contributed by atoms with Crippen molar-refractivity contribution in [3.63, 3.8) is 0 Å². The molecule has 0 bridgehead atoms. The van der Waals surface area contributed by atoms with Gasteiger partial charge in [0.25, 0.3) is 0 Å². The highest BCUT2D eigenvalue weighted by Crippen LogP contribution is 2.04. The third-order valence-corrected chi connectivity index (χ3v) is 1.86. The molecule has 0 aliphatic heterocycles. The largest absolute Gasteiger partial charge is 0.480 e. The summed E-state index contributed by atoms with van der Waals surface area (Å²) in [6.45, 7) is 0.465. The van der Waals surface area contributed by atoms with E-state index in [4.69, 9.17) is 10.8 Å². The van der Waals surface area contributed by atoms with Crippen LogP contribution in [-0.2, 0) is 15.3 Å². The fraction of sp³-hybridized carbons (Fsp3) is 0.833. The summed E-state index contributed by atoms with van der Waals surface area (Å²) in [6.07, 6.45) is 1.44. The average molecular weight is 208 g/mol. The van der Waals surface area contributed by atoms with Gasteiger partial charge in [-0.3, -0.25) is 0 Å². The van der Waals surface area contributed by atoms with Gasteiger partial charge in [-0.05, 0) is 25.8 Å². The van der Waals surface area contributed by atoms with E-state index in [2.05, 4.69) is 4.36 Å². The van der Waals surface area contributed by atoms with Crippen LogP contribution in [0.3, 0.4) is 0 Å². The SMILES string of the molecule is NCCCCC(N=S(=O)=O)C(=O)O. The fourth-order valence-electron chi connectivity index (χ4n) is 0.807. The van der Waals surface area contributed by atoms with Gasteiger partial charge in [0.05, 0.1) is 0 Å². The van der Waals surface area contributed by atoms with E-state index in [1.807, 2.05) is 0 Å². The molecule has 0 aromatic heterocycles. The van der Waals surface area contributed by atoms with E-state index in [1.54, 1.807) is 0 Å². The summed E-state index contributed by atoms with van der Waals surface area (Å²) in [4.78, 5) is 10.4. The lowest BCUT2D eigenvalue weighted by molar-refractivity contribution is -0.138. The summed E-state index contributed by atoms with van der Waals surface area (Å²) < 4.78 is 23.2. The lowest BCUT2D eigenvalue weighted by Crippen LogP contribution is -2.17. The Kier molecular flexibility index (Phi) is 6.07. The molecule has 0 radical (unpaired) electrons. The number of aliphatic carboxylic acids is 1. The third-order valence-electron chi connectivity index (χ3n) is 1.43. The predicted molar refractivity (Wildman–Crippen MR) is 45.7 cm³/mol. The van der Waals surface area contributed by atoms with Crippen LogP contribution in [0.25, 0.3) is 0 Å². The van der Waals surface area contributed by atoms with Crippen LogP contribution in [0.1, 0.15) is 19.3 Å². The van der Waals surface area contributed by atoms with Crippen molar-refractivity contribution >= 4 is 16.5 Å². The lowest BCUT2D eigenvalue weighted by Gasteiger charge is -2.02. The molecule has 0 saturated heterocycles. The van der Waals surface area contributed by atoms with Crippen LogP contribution in [0.4, 0.5) is 0 Å². The van der Waals surface area contributed by atoms with Crippen LogP contribution in [0.15, 0.2) is 4.36 Å². The third kappa shape index (κ3) is 6.23. The summed E-state index contributed by atoms with van der Waals surface area (Å²) in [5.41, 5.74) is 5.19. The number of unbranched alkanes of at least 4 members (excludes halogenated alkanes) is 1. The second-order valence-corrected chi connectivity index (χ2v) is 3.11. The van der Waals surface area contributed by atoms with Crippen LogP contribution < -0.4 is 5.73 Å². The number of hydrogen-bond acceptors (Lipinski definition) is 5. The Hall–Kier alpha value is -0.950. The average Bonchev–Trinajstić information content (AvgIpc) is 2.02. The summed E-state index contributed by atoms with van der Waals surface area (Å²) >= 11 is 0. The van der Waals surface area contributed by atoms with Gasteiger partial charge in [-0.2, -0.15) is 12.8 Å². The predicted octanol–water partition coefficient (Wildman–Crippen LogP) is -0.369. The fourth-order valence-corrected chi connectivity index (χ4v) is 1.21. The molecule has 1 unspecified atom stereocenters. The number of carboxylic acids is 1. The van der Waals surface area contributed by atoms with Gasteiger partial charge in [0.15, 0.2) is 6.04 Å². The van der Waals surface area contributed by atoms with Crippen LogP contribution >= 0.6 is 0 Å². The molecule has 7 heteroatoms. The van der Waals surface area contributed by atoms with Crippen molar-refractivity contribution < 1.29 is 18.3 Å². The molecular weight excluding hydrogens is 196 g/mol. The highest BCUT2D eigenvalue weighted by molar-refractivity contribution is 7.61. The van der Waals surface area contributed by atoms with Crippen molar-refractivity contribution in [2.24, 2.45) is 10.1 Å². The maximum Gasteiger partial charge on any atom is 0.329 e. The Morgan fingerprint density at radius 3 is 2.46 bits per heavy atom. The van der Waals surface area contributed by atoms with Crippen molar-refractivity contribution in [1.29, 1.82) is 0 Å². The molecule has 0 aliphatic rings. The maximum atomic E-state index is 10.4. The highest BCUT2D eigenvalue weighted by atomic mass is 32.2. The van der Waals surface area contributed by atoms with Crippen molar-refractivity contribution in [3.05, 3.63) is 0 Å². The quantitative estimate of drug-likeness (QED) is 0.579. The molecule has 0 heterocycles. The summed E-state index contributed by atoms with van der Waals surface area (Å²) in [5, 5.41) is 8.52. The normalized spacial score (nSPS) is 12.1. The molecule has 6 nitrogen and oxygen atoms in total. The van der Waals surface area contributed by atoms with E-state index < -0.39 is 22.5 Å². The number of carboxylic acid groups (broad SMARTS) is 1. The molecule has 0 aromatic carbocycles. The van der Waals surface area contributed by atoms with E-state index in [-0.39, 0.29) is 6.42 Å². The van der Waals surface area contributed by atoms with E-state index in [9.17, 15) is 13.2 Å². The first-order valence-electron chi connectivity index (χ1n) is 3.81. The van der Waals surface area contributed by atoms with Crippen molar-refractivity contribution in [3.8, 4) is 0 Å². The lowest BCUT2D eigenvalue weighted by atomic mass is 10.1. The molecule has 0 fully saturated rings. The standard InChI is InChI=1S/C6H12N2O4S/c7-4-2-1-3-5(6(9)10)8-13(11)12/h5H,1-4,7H2,(H,9,10). The van der Waals surface area contributed by atoms with Crippen LogP contribution in [-0.4, -0.2) is 32.1 Å². The molecular formula is C6H12N2O4S. The molecule has 13 heavy (non-hydrogen) atoms. The second kappa shape index (κ2) is 6.55. The molecule has 0 saturated carbocycles. The summed E-state index contributed by atoms with van der Waals surface area (Å²) in [7, 11) is -2.66. The second-order valence-electron chi connectivity index (χ2n) is 2.46. The molecule has 76 valence electrons. The van der Waals surface area contributed by atoms with Gasteiger partial charge < -0.3 is 10.8 Å². The minimum absolute atomic E-state index is 0.209. The van der Waals surface area contributed by atoms with Gasteiger partial charge in [0.2, 0.25) is 0 Å². The van der Waals surface area contributed by atoms with E-state index in [1.165, 1.54) is 0 Å². The minimum atomic E-state index is -2.66. The number of rotatable bonds is 6. The number of nitrogens with two attached hydrogens (primary N) is 1. The van der Waals surface area contributed by atoms with Gasteiger partial charge in [-0.15, -0.1) is 0 Å². The first-order valence-corrected chi connectivity index (χ1v) is 4.84. The Morgan fingerprint density at radius 1 is 1.46 bits per heavy atom. The van der Waals surface area contributed by atoms with Gasteiger partial charge in [-0.1, -0.05) is 0 Å². The number of nitrogens with zero attached hydrogens (tertiary/aromatic N) is 1. The smallest absolute Gasteiger partial charge is 0.329 e. The summed E-state index contributed by atoms with van der Waals surface area (Å²) in [6, 6.07) is -1.16. The van der Waals surface area contributed by atoms with Crippen LogP contribution in [0.2, 0.25) is 0 Å². The van der Waals surface area contributed by atoms with Crippen molar-refractivity contribution in [2.45, 2.75) is 25.3 Å². The van der Waals surface area contributed by atoms with Crippen molar-refractivity contribution in [1.82, 2.24) is 0 Å². The van der Waals surface area contributed by atoms with Crippen LogP contribution in [0.5, 0.6) is 0 Å². The zero-order chi connectivity index (χ0) is 10.3. The van der Waals surface area contributed by atoms with Gasteiger partial charge in [0, 0.05) is 0 Å². The maximum absolute atomic E-state index is 10.4. The van der Waals surface area contributed by atoms with Gasteiger partial charge in [-0.25, -0.2) is 4.79 Å². The Bertz CT molecular complexity index is 277. The first kappa shape index (κ1) is 12.0. The molecule has 0 amide bonds. The molecule has 3 N–H and O–H groups in total. The molecule has 1 atom stereocenters. The molecule has 0 aliphatic carbocycles. The van der Waals surface area contributed by atoms with Crippen molar-refractivity contribution in [2.75, 3.05) is 6.54 Å². The summed E-state index contributed by atoms with van der Waals surface area (Å²) in [5.74, 6) is -1.22. The van der Waals surface area contributed by atoms with Gasteiger partial charge >= 0.3 is 16.5 Å². The van der Waals surface area contributed by atoms with E-state index >= 15 is 0 Å². The monoisotopic (exact) mass is 208 g/mol. The Labute approximate surface area is 77.5 Å². The zero-order valence-corrected chi connectivity index (χ0v) is 7.83. The topological polar surface area (TPSA) is 110 Å². The number of carbonyl (C=O) groups is 1. The Balaban J connectivity index is 4.12. The molecule has 0 spiro atoms. The minimum Gasteiger partial charge on any atom is -0.480 e. The Morgan fingerprint density at radius 2 is 2.08 bits per heavy atom. The van der Waals surface area contributed by atoms with Crippen LogP contribution in [0, 0.1) is 0 Å². The molecule has 0 aromatic rings. The zero-order valence-electron chi connectivity index (χ0n) is 7.01. The highest BCUT2D eigenvalue weighted by Gasteiger charge is 2.15. The first-order chi connectivity index (χ1) is 6.07.